The van der Waals surface area contributed by atoms with Gasteiger partial charge in [0.05, 0.1) is 6.61 Å². The van der Waals surface area contributed by atoms with Crippen molar-refractivity contribution in [2.75, 3.05) is 0 Å². The zero-order valence-electron chi connectivity index (χ0n) is 8.20. The summed E-state index contributed by atoms with van der Waals surface area (Å²) >= 11 is 0. The lowest BCUT2D eigenvalue weighted by atomic mass is 10.1. The van der Waals surface area contributed by atoms with E-state index in [1.165, 1.54) is 10.8 Å². The van der Waals surface area contributed by atoms with E-state index in [1.54, 1.807) is 0 Å². The summed E-state index contributed by atoms with van der Waals surface area (Å²) in [7, 11) is 0. The molecule has 0 saturated carbocycles. The van der Waals surface area contributed by atoms with E-state index in [9.17, 15) is 0 Å². The Bertz CT molecular complexity index is 625. The van der Waals surface area contributed by atoms with Gasteiger partial charge in [0.1, 0.15) is 0 Å². The number of nitrogens with one attached hydrogen (secondary N) is 1. The van der Waals surface area contributed by atoms with Crippen LogP contribution in [-0.4, -0.2) is 10.1 Å². The SMILES string of the molecule is OCc1ccc2c(c1)[nH]c1ccccc12. The fourth-order valence-corrected chi connectivity index (χ4v) is 2.00. The number of rotatable bonds is 1. The Morgan fingerprint density at radius 1 is 0.933 bits per heavy atom. The number of aliphatic hydroxyl groups excluding tert-OH is 1. The standard InChI is InChI=1S/C13H11NO/c15-8-9-5-6-11-10-3-1-2-4-12(10)14-13(11)7-9/h1-7,14-15H,8H2. The van der Waals surface area contributed by atoms with Gasteiger partial charge in [0.2, 0.25) is 0 Å². The molecule has 2 N–H and O–H groups in total. The molecule has 1 aromatic heterocycles. The molecule has 0 atom stereocenters. The van der Waals surface area contributed by atoms with Crippen molar-refractivity contribution in [3.8, 4) is 0 Å². The second-order valence-corrected chi connectivity index (χ2v) is 3.71. The zero-order chi connectivity index (χ0) is 10.3. The van der Waals surface area contributed by atoms with E-state index >= 15 is 0 Å². The minimum atomic E-state index is 0.0886. The molecule has 2 aromatic carbocycles. The third kappa shape index (κ3) is 1.22. The molecular weight excluding hydrogens is 186 g/mol. The molecule has 0 aliphatic carbocycles. The summed E-state index contributed by atoms with van der Waals surface area (Å²) in [5.41, 5.74) is 3.17. The minimum Gasteiger partial charge on any atom is -0.392 e. The van der Waals surface area contributed by atoms with Gasteiger partial charge in [-0.15, -0.1) is 0 Å². The Balaban J connectivity index is 2.43. The second-order valence-electron chi connectivity index (χ2n) is 3.71. The maximum Gasteiger partial charge on any atom is 0.0682 e. The largest absolute Gasteiger partial charge is 0.392 e. The number of fused-ring (bicyclic) bond motifs is 3. The summed E-state index contributed by atoms with van der Waals surface area (Å²) < 4.78 is 0. The number of benzene rings is 2. The van der Waals surface area contributed by atoms with Crippen LogP contribution in [0, 0.1) is 0 Å². The number of aromatic amines is 1. The van der Waals surface area contributed by atoms with Crippen molar-refractivity contribution in [2.45, 2.75) is 6.61 Å². The lowest BCUT2D eigenvalue weighted by Crippen LogP contribution is -1.80. The first-order chi connectivity index (χ1) is 7.38. The van der Waals surface area contributed by atoms with E-state index in [0.717, 1.165) is 16.6 Å². The summed E-state index contributed by atoms with van der Waals surface area (Å²) in [6.07, 6.45) is 0. The van der Waals surface area contributed by atoms with Crippen LogP contribution in [-0.2, 0) is 6.61 Å². The summed E-state index contributed by atoms with van der Waals surface area (Å²) in [4.78, 5) is 3.34. The molecule has 0 saturated heterocycles. The number of aliphatic hydroxyl groups is 1. The van der Waals surface area contributed by atoms with Gasteiger partial charge in [-0.05, 0) is 17.7 Å². The summed E-state index contributed by atoms with van der Waals surface area (Å²) in [6, 6.07) is 14.2. The van der Waals surface area contributed by atoms with Crippen molar-refractivity contribution < 1.29 is 5.11 Å². The van der Waals surface area contributed by atoms with Crippen molar-refractivity contribution in [3.05, 3.63) is 48.0 Å². The van der Waals surface area contributed by atoms with Crippen molar-refractivity contribution in [3.63, 3.8) is 0 Å². The van der Waals surface area contributed by atoms with Gasteiger partial charge in [0.15, 0.2) is 0 Å². The van der Waals surface area contributed by atoms with Crippen LogP contribution >= 0.6 is 0 Å². The highest BCUT2D eigenvalue weighted by Gasteiger charge is 2.03. The quantitative estimate of drug-likeness (QED) is 0.618. The van der Waals surface area contributed by atoms with E-state index < -0.39 is 0 Å². The fraction of sp³-hybridized carbons (Fsp3) is 0.0769. The molecular formula is C13H11NO. The third-order valence-electron chi connectivity index (χ3n) is 2.75. The van der Waals surface area contributed by atoms with Crippen molar-refractivity contribution in [1.82, 2.24) is 4.98 Å². The summed E-state index contributed by atoms with van der Waals surface area (Å²) in [5.74, 6) is 0. The average molecular weight is 197 g/mol. The molecule has 0 unspecified atom stereocenters. The van der Waals surface area contributed by atoms with E-state index in [2.05, 4.69) is 23.2 Å². The molecule has 0 aliphatic rings. The minimum absolute atomic E-state index is 0.0886. The molecule has 0 amide bonds. The Kier molecular flexibility index (Phi) is 1.76. The number of H-pyrrole nitrogens is 1. The monoisotopic (exact) mass is 197 g/mol. The Labute approximate surface area is 87.2 Å². The van der Waals surface area contributed by atoms with Gasteiger partial charge in [-0.1, -0.05) is 30.3 Å². The van der Waals surface area contributed by atoms with Gasteiger partial charge in [0, 0.05) is 21.8 Å². The fourth-order valence-electron chi connectivity index (χ4n) is 2.00. The Hall–Kier alpha value is -1.80. The molecule has 3 aromatic rings. The topological polar surface area (TPSA) is 36.0 Å². The lowest BCUT2D eigenvalue weighted by molar-refractivity contribution is 0.282. The molecule has 0 radical (unpaired) electrons. The molecule has 74 valence electrons. The van der Waals surface area contributed by atoms with Crippen molar-refractivity contribution >= 4 is 21.8 Å². The highest BCUT2D eigenvalue weighted by atomic mass is 16.3. The highest BCUT2D eigenvalue weighted by Crippen LogP contribution is 2.25. The van der Waals surface area contributed by atoms with Crippen molar-refractivity contribution in [2.24, 2.45) is 0 Å². The predicted molar refractivity (Wildman–Crippen MR) is 61.7 cm³/mol. The Morgan fingerprint density at radius 3 is 2.60 bits per heavy atom. The molecule has 0 spiro atoms. The molecule has 0 fully saturated rings. The van der Waals surface area contributed by atoms with Gasteiger partial charge in [-0.25, -0.2) is 0 Å². The normalized spacial score (nSPS) is 11.3. The molecule has 0 bridgehead atoms. The van der Waals surface area contributed by atoms with Crippen LogP contribution in [0.15, 0.2) is 42.5 Å². The van der Waals surface area contributed by atoms with Gasteiger partial charge in [-0.2, -0.15) is 0 Å². The van der Waals surface area contributed by atoms with Crippen LogP contribution in [0.4, 0.5) is 0 Å². The second kappa shape index (κ2) is 3.11. The first kappa shape index (κ1) is 8.50. The summed E-state index contributed by atoms with van der Waals surface area (Å²) in [5, 5.41) is 11.5. The van der Waals surface area contributed by atoms with Crippen molar-refractivity contribution in [1.29, 1.82) is 0 Å². The maximum atomic E-state index is 9.06. The molecule has 2 heteroatoms. The van der Waals surface area contributed by atoms with Gasteiger partial charge in [-0.3, -0.25) is 0 Å². The van der Waals surface area contributed by atoms with Crippen LogP contribution in [0.1, 0.15) is 5.56 Å². The smallest absolute Gasteiger partial charge is 0.0682 e. The van der Waals surface area contributed by atoms with Crippen LogP contribution in [0.2, 0.25) is 0 Å². The molecule has 3 rings (SSSR count). The van der Waals surface area contributed by atoms with Gasteiger partial charge in [0.25, 0.3) is 0 Å². The number of aromatic nitrogens is 1. The lowest BCUT2D eigenvalue weighted by Gasteiger charge is -1.95. The molecule has 0 aliphatic heterocycles. The van der Waals surface area contributed by atoms with E-state index in [4.69, 9.17) is 5.11 Å². The summed E-state index contributed by atoms with van der Waals surface area (Å²) in [6.45, 7) is 0.0886. The number of hydrogen-bond donors (Lipinski definition) is 2. The van der Waals surface area contributed by atoms with E-state index in [1.807, 2.05) is 24.3 Å². The average Bonchev–Trinajstić information content (AvgIpc) is 2.66. The van der Waals surface area contributed by atoms with Crippen LogP contribution in [0.25, 0.3) is 21.8 Å². The molecule has 1 heterocycles. The predicted octanol–water partition coefficient (Wildman–Crippen LogP) is 2.81. The van der Waals surface area contributed by atoms with Gasteiger partial charge >= 0.3 is 0 Å². The molecule has 15 heavy (non-hydrogen) atoms. The number of para-hydroxylation sites is 1. The van der Waals surface area contributed by atoms with E-state index in [0.29, 0.717) is 0 Å². The van der Waals surface area contributed by atoms with Crippen LogP contribution in [0.3, 0.4) is 0 Å². The first-order valence-electron chi connectivity index (χ1n) is 4.99. The van der Waals surface area contributed by atoms with Gasteiger partial charge < -0.3 is 10.1 Å². The van der Waals surface area contributed by atoms with E-state index in [-0.39, 0.29) is 6.61 Å². The molecule has 2 nitrogen and oxygen atoms in total. The third-order valence-corrected chi connectivity index (χ3v) is 2.75. The highest BCUT2D eigenvalue weighted by molar-refractivity contribution is 6.07. The first-order valence-corrected chi connectivity index (χ1v) is 4.99. The maximum absolute atomic E-state index is 9.06. The zero-order valence-corrected chi connectivity index (χ0v) is 8.20. The van der Waals surface area contributed by atoms with Crippen LogP contribution < -0.4 is 0 Å². The number of hydrogen-bond acceptors (Lipinski definition) is 1. The Morgan fingerprint density at radius 2 is 1.73 bits per heavy atom. The van der Waals surface area contributed by atoms with Crippen LogP contribution in [0.5, 0.6) is 0 Å².